The van der Waals surface area contributed by atoms with E-state index in [2.05, 4.69) is 16.7 Å². The Kier molecular flexibility index (Phi) is 5.50. The van der Waals surface area contributed by atoms with Crippen LogP contribution in [0, 0.1) is 12.7 Å². The maximum atomic E-state index is 13.8. The summed E-state index contributed by atoms with van der Waals surface area (Å²) in [6.07, 6.45) is 0. The summed E-state index contributed by atoms with van der Waals surface area (Å²) < 4.78 is 19.2. The molecule has 1 aliphatic heterocycles. The van der Waals surface area contributed by atoms with Crippen LogP contribution in [0.4, 0.5) is 10.1 Å². The van der Waals surface area contributed by atoms with E-state index in [1.807, 2.05) is 30.3 Å². The van der Waals surface area contributed by atoms with E-state index >= 15 is 0 Å². The lowest BCUT2D eigenvalue weighted by atomic mass is 10.0. The Balaban J connectivity index is 1.66. The van der Waals surface area contributed by atoms with E-state index in [4.69, 9.17) is 16.3 Å². The second-order valence-electron chi connectivity index (χ2n) is 6.53. The minimum Gasteiger partial charge on any atom is -0.495 e. The molecule has 0 aromatic heterocycles. The number of halogens is 2. The molecule has 0 aliphatic carbocycles. The van der Waals surface area contributed by atoms with E-state index in [0.717, 1.165) is 37.4 Å². The molecule has 0 saturated carbocycles. The van der Waals surface area contributed by atoms with Gasteiger partial charge in [0.05, 0.1) is 12.1 Å². The molecule has 134 valence electrons. The maximum absolute atomic E-state index is 13.8. The van der Waals surface area contributed by atoms with E-state index in [1.54, 1.807) is 20.1 Å². The number of nitrogens with zero attached hydrogens (tertiary/aromatic N) is 2. The minimum absolute atomic E-state index is 0.128. The molecule has 0 bridgehead atoms. The van der Waals surface area contributed by atoms with E-state index in [0.29, 0.717) is 16.3 Å². The van der Waals surface area contributed by atoms with Crippen LogP contribution in [-0.2, 0) is 0 Å². The topological polar surface area (TPSA) is 15.7 Å². The molecule has 1 heterocycles. The quantitative estimate of drug-likeness (QED) is 0.785. The molecule has 1 atom stereocenters. The highest BCUT2D eigenvalue weighted by Gasteiger charge is 2.23. The summed E-state index contributed by atoms with van der Waals surface area (Å²) in [4.78, 5) is 4.73. The summed E-state index contributed by atoms with van der Waals surface area (Å²) in [6.45, 7) is 7.64. The number of methoxy groups -OCH3 is 1. The van der Waals surface area contributed by atoms with Crippen LogP contribution in [0.3, 0.4) is 0 Å². The van der Waals surface area contributed by atoms with Crippen LogP contribution in [0.15, 0.2) is 36.4 Å². The predicted octanol–water partition coefficient (Wildman–Crippen LogP) is 4.68. The molecule has 3 rings (SSSR count). The number of hydrogen-bond acceptors (Lipinski definition) is 3. The first-order valence-electron chi connectivity index (χ1n) is 8.58. The SMILES string of the molecule is COc1cc(N2CCN(C(C)c3ccc(C)c(F)c3)CC2)ccc1Cl. The molecule has 2 aromatic carbocycles. The van der Waals surface area contributed by atoms with Gasteiger partial charge in [0, 0.05) is 44.0 Å². The Bertz CT molecular complexity index is 744. The number of anilines is 1. The molecule has 0 N–H and O–H groups in total. The van der Waals surface area contributed by atoms with Gasteiger partial charge in [0.1, 0.15) is 11.6 Å². The van der Waals surface area contributed by atoms with E-state index in [9.17, 15) is 4.39 Å². The van der Waals surface area contributed by atoms with Crippen molar-refractivity contribution in [2.45, 2.75) is 19.9 Å². The lowest BCUT2D eigenvalue weighted by Crippen LogP contribution is -2.47. The molecule has 3 nitrogen and oxygen atoms in total. The highest BCUT2D eigenvalue weighted by molar-refractivity contribution is 6.32. The molecule has 1 aliphatic rings. The monoisotopic (exact) mass is 362 g/mol. The number of piperazine rings is 1. The average molecular weight is 363 g/mol. The number of hydrogen-bond donors (Lipinski definition) is 0. The zero-order chi connectivity index (χ0) is 18.0. The third kappa shape index (κ3) is 3.91. The minimum atomic E-state index is -0.128. The summed E-state index contributed by atoms with van der Waals surface area (Å²) in [5.41, 5.74) is 2.84. The fourth-order valence-corrected chi connectivity index (χ4v) is 3.49. The van der Waals surface area contributed by atoms with Crippen LogP contribution in [0.1, 0.15) is 24.1 Å². The van der Waals surface area contributed by atoms with Gasteiger partial charge in [0.2, 0.25) is 0 Å². The second-order valence-corrected chi connectivity index (χ2v) is 6.93. The molecule has 5 heteroatoms. The standard InChI is InChI=1S/C20H24ClFN2O/c1-14-4-5-16(12-19(14)22)15(2)23-8-10-24(11-9-23)17-6-7-18(21)20(13-17)25-3/h4-7,12-13,15H,8-11H2,1-3H3. The number of aryl methyl sites for hydroxylation is 1. The lowest BCUT2D eigenvalue weighted by Gasteiger charge is -2.39. The Labute approximate surface area is 154 Å². The van der Waals surface area contributed by atoms with E-state index in [1.165, 1.54) is 0 Å². The van der Waals surface area contributed by atoms with Gasteiger partial charge in [-0.15, -0.1) is 0 Å². The summed E-state index contributed by atoms with van der Waals surface area (Å²) in [5, 5.41) is 0.625. The van der Waals surface area contributed by atoms with Gasteiger partial charge < -0.3 is 9.64 Å². The second kappa shape index (κ2) is 7.63. The van der Waals surface area contributed by atoms with Crippen LogP contribution in [0.25, 0.3) is 0 Å². The number of ether oxygens (including phenoxy) is 1. The summed E-state index contributed by atoms with van der Waals surface area (Å²) in [5.74, 6) is 0.571. The van der Waals surface area contributed by atoms with Crippen LogP contribution >= 0.6 is 11.6 Å². The first kappa shape index (κ1) is 18.0. The van der Waals surface area contributed by atoms with Crippen molar-refractivity contribution in [1.82, 2.24) is 4.90 Å². The van der Waals surface area contributed by atoms with Crippen LogP contribution in [0.2, 0.25) is 5.02 Å². The van der Waals surface area contributed by atoms with Crippen molar-refractivity contribution >= 4 is 17.3 Å². The summed E-state index contributed by atoms with van der Waals surface area (Å²) >= 11 is 6.11. The Hall–Kier alpha value is -1.78. The van der Waals surface area contributed by atoms with Crippen molar-refractivity contribution in [3.8, 4) is 5.75 Å². The molecule has 0 radical (unpaired) electrons. The first-order chi connectivity index (χ1) is 12.0. The Morgan fingerprint density at radius 1 is 1.08 bits per heavy atom. The third-order valence-corrected chi connectivity index (χ3v) is 5.35. The van der Waals surface area contributed by atoms with Gasteiger partial charge in [-0.2, -0.15) is 0 Å². The van der Waals surface area contributed by atoms with Gasteiger partial charge in [0.15, 0.2) is 0 Å². The molecular formula is C20H24ClFN2O. The maximum Gasteiger partial charge on any atom is 0.139 e. The van der Waals surface area contributed by atoms with Gasteiger partial charge in [-0.3, -0.25) is 4.90 Å². The molecule has 25 heavy (non-hydrogen) atoms. The molecular weight excluding hydrogens is 339 g/mol. The van der Waals surface area contributed by atoms with Crippen molar-refractivity contribution in [2.75, 3.05) is 38.2 Å². The third-order valence-electron chi connectivity index (χ3n) is 5.04. The van der Waals surface area contributed by atoms with Crippen molar-refractivity contribution in [2.24, 2.45) is 0 Å². The fourth-order valence-electron chi connectivity index (χ4n) is 3.29. The van der Waals surface area contributed by atoms with Crippen molar-refractivity contribution in [3.05, 3.63) is 58.4 Å². The first-order valence-corrected chi connectivity index (χ1v) is 8.96. The summed E-state index contributed by atoms with van der Waals surface area (Å²) in [6, 6.07) is 11.6. The van der Waals surface area contributed by atoms with Crippen LogP contribution in [-0.4, -0.2) is 38.2 Å². The molecule has 0 spiro atoms. The Morgan fingerprint density at radius 2 is 1.80 bits per heavy atom. The van der Waals surface area contributed by atoms with Gasteiger partial charge in [0.25, 0.3) is 0 Å². The highest BCUT2D eigenvalue weighted by Crippen LogP contribution is 2.31. The Morgan fingerprint density at radius 3 is 2.44 bits per heavy atom. The zero-order valence-corrected chi connectivity index (χ0v) is 15.7. The van der Waals surface area contributed by atoms with Crippen molar-refractivity contribution < 1.29 is 9.13 Å². The van der Waals surface area contributed by atoms with Gasteiger partial charge >= 0.3 is 0 Å². The van der Waals surface area contributed by atoms with Gasteiger partial charge in [-0.1, -0.05) is 23.7 Å². The molecule has 2 aromatic rings. The molecule has 1 unspecified atom stereocenters. The summed E-state index contributed by atoms with van der Waals surface area (Å²) in [7, 11) is 1.63. The zero-order valence-electron chi connectivity index (χ0n) is 14.9. The smallest absolute Gasteiger partial charge is 0.139 e. The lowest BCUT2D eigenvalue weighted by molar-refractivity contribution is 0.198. The van der Waals surface area contributed by atoms with Gasteiger partial charge in [-0.05, 0) is 43.2 Å². The number of benzene rings is 2. The molecule has 1 fully saturated rings. The predicted molar refractivity (Wildman–Crippen MR) is 101 cm³/mol. The molecule has 0 amide bonds. The van der Waals surface area contributed by atoms with Gasteiger partial charge in [-0.25, -0.2) is 4.39 Å². The highest BCUT2D eigenvalue weighted by atomic mass is 35.5. The number of rotatable bonds is 4. The van der Waals surface area contributed by atoms with Crippen LogP contribution in [0.5, 0.6) is 5.75 Å². The average Bonchev–Trinajstić information content (AvgIpc) is 2.64. The normalized spacial score (nSPS) is 16.8. The van der Waals surface area contributed by atoms with E-state index in [-0.39, 0.29) is 11.9 Å². The van der Waals surface area contributed by atoms with Crippen molar-refractivity contribution in [1.29, 1.82) is 0 Å². The molecule has 1 saturated heterocycles. The largest absolute Gasteiger partial charge is 0.495 e. The van der Waals surface area contributed by atoms with Crippen molar-refractivity contribution in [3.63, 3.8) is 0 Å². The van der Waals surface area contributed by atoms with Crippen LogP contribution < -0.4 is 9.64 Å². The van der Waals surface area contributed by atoms with E-state index < -0.39 is 0 Å². The fraction of sp³-hybridized carbons (Fsp3) is 0.400.